The molecule has 3 saturated carbocycles. The summed E-state index contributed by atoms with van der Waals surface area (Å²) in [7, 11) is 0. The molecular formula is C24H26FN7O3. The number of fused-ring (bicyclic) bond motifs is 4. The molecule has 0 saturated heterocycles. The lowest BCUT2D eigenvalue weighted by Crippen LogP contribution is -2.49. The quantitative estimate of drug-likeness (QED) is 0.497. The Bertz CT molecular complexity index is 1300. The predicted molar refractivity (Wildman–Crippen MR) is 122 cm³/mol. The molecule has 11 heteroatoms. The van der Waals surface area contributed by atoms with Crippen LogP contribution in [0.2, 0.25) is 0 Å². The average molecular weight is 480 g/mol. The second kappa shape index (κ2) is 8.79. The number of rotatable bonds is 7. The van der Waals surface area contributed by atoms with E-state index >= 15 is 0 Å². The van der Waals surface area contributed by atoms with Crippen molar-refractivity contribution in [1.29, 1.82) is 0 Å². The molecule has 0 aromatic carbocycles. The number of ketones is 1. The largest absolute Gasteiger partial charge is 0.350 e. The Morgan fingerprint density at radius 2 is 1.77 bits per heavy atom. The topological polar surface area (TPSA) is 131 Å². The molecule has 0 radical (unpaired) electrons. The molecule has 3 aromatic heterocycles. The van der Waals surface area contributed by atoms with Crippen molar-refractivity contribution in [1.82, 2.24) is 35.2 Å². The summed E-state index contributed by atoms with van der Waals surface area (Å²) in [6.07, 6.45) is 7.91. The summed E-state index contributed by atoms with van der Waals surface area (Å²) in [4.78, 5) is 49.7. The van der Waals surface area contributed by atoms with E-state index < -0.39 is 11.9 Å². The van der Waals surface area contributed by atoms with Gasteiger partial charge in [-0.25, -0.2) is 9.97 Å². The van der Waals surface area contributed by atoms with Crippen molar-refractivity contribution < 1.29 is 18.8 Å². The van der Waals surface area contributed by atoms with E-state index in [-0.39, 0.29) is 46.2 Å². The summed E-state index contributed by atoms with van der Waals surface area (Å²) < 4.78 is 14.6. The molecule has 0 aliphatic heterocycles. The van der Waals surface area contributed by atoms with Gasteiger partial charge in [0.1, 0.15) is 23.5 Å². The minimum atomic E-state index is -0.638. The van der Waals surface area contributed by atoms with Crippen LogP contribution in [-0.2, 0) is 11.3 Å². The van der Waals surface area contributed by atoms with Gasteiger partial charge in [0.15, 0.2) is 0 Å². The normalized spacial score (nSPS) is 23.3. The van der Waals surface area contributed by atoms with Gasteiger partial charge in [-0.3, -0.25) is 14.4 Å². The van der Waals surface area contributed by atoms with E-state index in [1.165, 1.54) is 29.2 Å². The molecule has 3 aromatic rings. The fourth-order valence-corrected chi connectivity index (χ4v) is 5.33. The molecule has 2 amide bonds. The van der Waals surface area contributed by atoms with E-state index in [1.54, 1.807) is 13.0 Å². The first-order chi connectivity index (χ1) is 16.8. The monoisotopic (exact) mass is 479 g/mol. The summed E-state index contributed by atoms with van der Waals surface area (Å²) in [5.74, 6) is -1.14. The van der Waals surface area contributed by atoms with E-state index in [1.807, 2.05) is 0 Å². The zero-order chi connectivity index (χ0) is 24.6. The summed E-state index contributed by atoms with van der Waals surface area (Å²) in [5.41, 5.74) is 0.508. The van der Waals surface area contributed by atoms with Gasteiger partial charge in [0.2, 0.25) is 5.95 Å². The minimum Gasteiger partial charge on any atom is -0.350 e. The van der Waals surface area contributed by atoms with Crippen molar-refractivity contribution in [2.75, 3.05) is 6.54 Å². The third kappa shape index (κ3) is 4.38. The lowest BCUT2D eigenvalue weighted by Gasteiger charge is -2.52. The number of hydrogen-bond acceptors (Lipinski definition) is 7. The maximum atomic E-state index is 13.3. The zero-order valence-corrected chi connectivity index (χ0v) is 19.4. The van der Waals surface area contributed by atoms with Crippen LogP contribution in [0.4, 0.5) is 4.39 Å². The number of carbonyl (C=O) groups excluding carboxylic acids is 3. The highest BCUT2D eigenvalue weighted by molar-refractivity contribution is 5.98. The third-order valence-corrected chi connectivity index (χ3v) is 7.73. The highest BCUT2D eigenvalue weighted by Gasteiger charge is 2.50. The van der Waals surface area contributed by atoms with Gasteiger partial charge >= 0.3 is 0 Å². The maximum Gasteiger partial charge on any atom is 0.270 e. The van der Waals surface area contributed by atoms with Crippen LogP contribution in [0, 0.1) is 16.8 Å². The lowest BCUT2D eigenvalue weighted by atomic mass is 9.52. The number of halogens is 1. The van der Waals surface area contributed by atoms with Gasteiger partial charge in [0, 0.05) is 30.8 Å². The van der Waals surface area contributed by atoms with Crippen LogP contribution in [0.25, 0.3) is 5.78 Å². The predicted octanol–water partition coefficient (Wildman–Crippen LogP) is 2.25. The van der Waals surface area contributed by atoms with Gasteiger partial charge in [-0.05, 0) is 68.6 Å². The van der Waals surface area contributed by atoms with E-state index in [0.29, 0.717) is 12.1 Å². The average Bonchev–Trinajstić information content (AvgIpc) is 3.35. The smallest absolute Gasteiger partial charge is 0.270 e. The standard InChI is InChI=1S/C24H26FN7O3/c1-15(33)24-6-3-23(4-7-24,5-8-24)13-28-21(35)18-11-17(31-22-29-14-30-32(18)22)20(34)27-12-16-2-9-26-19(25)10-16/h2,9-11,14H,3-8,12-13H2,1H3,(H,27,34)(H,28,35). The van der Waals surface area contributed by atoms with Gasteiger partial charge in [-0.1, -0.05) is 0 Å². The van der Waals surface area contributed by atoms with Crippen molar-refractivity contribution in [3.63, 3.8) is 0 Å². The van der Waals surface area contributed by atoms with Gasteiger partial charge < -0.3 is 10.6 Å². The Kier molecular flexibility index (Phi) is 5.78. The van der Waals surface area contributed by atoms with Gasteiger partial charge in [0.25, 0.3) is 17.6 Å². The second-order valence-corrected chi connectivity index (χ2v) is 9.69. The van der Waals surface area contributed by atoms with Gasteiger partial charge in [0.05, 0.1) is 0 Å². The van der Waals surface area contributed by atoms with E-state index in [4.69, 9.17) is 0 Å². The highest BCUT2D eigenvalue weighted by Crippen LogP contribution is 2.56. The van der Waals surface area contributed by atoms with Crippen LogP contribution in [-0.4, -0.2) is 48.7 Å². The Morgan fingerprint density at radius 1 is 1.03 bits per heavy atom. The van der Waals surface area contributed by atoms with E-state index in [9.17, 15) is 18.8 Å². The first-order valence-corrected chi connectivity index (χ1v) is 11.7. The number of aromatic nitrogens is 5. The first kappa shape index (κ1) is 23.0. The molecule has 10 nitrogen and oxygen atoms in total. The van der Waals surface area contributed by atoms with Crippen LogP contribution < -0.4 is 10.6 Å². The number of amides is 2. The first-order valence-electron chi connectivity index (χ1n) is 11.7. The van der Waals surface area contributed by atoms with Crippen molar-refractivity contribution in [2.24, 2.45) is 10.8 Å². The number of hydrogen-bond donors (Lipinski definition) is 2. The Hall–Kier alpha value is -3.76. The fourth-order valence-electron chi connectivity index (χ4n) is 5.33. The summed E-state index contributed by atoms with van der Waals surface area (Å²) in [5, 5.41) is 9.76. The van der Waals surface area contributed by atoms with Crippen LogP contribution in [0.1, 0.15) is 72.0 Å². The zero-order valence-electron chi connectivity index (χ0n) is 19.4. The van der Waals surface area contributed by atoms with Gasteiger partial charge in [-0.2, -0.15) is 19.0 Å². The maximum absolute atomic E-state index is 13.3. The summed E-state index contributed by atoms with van der Waals surface area (Å²) >= 11 is 0. The molecule has 0 unspecified atom stereocenters. The number of nitrogens with zero attached hydrogens (tertiary/aromatic N) is 5. The number of Topliss-reactive ketones (excluding diaryl/α,β-unsaturated/α-hetero) is 1. The van der Waals surface area contributed by atoms with E-state index in [0.717, 1.165) is 38.5 Å². The molecular weight excluding hydrogens is 453 g/mol. The molecule has 0 atom stereocenters. The van der Waals surface area contributed by atoms with Crippen molar-refractivity contribution >= 4 is 23.4 Å². The minimum absolute atomic E-state index is 0.00455. The molecule has 2 bridgehead atoms. The molecule has 3 heterocycles. The summed E-state index contributed by atoms with van der Waals surface area (Å²) in [6.45, 7) is 2.26. The molecule has 3 fully saturated rings. The number of nitrogens with one attached hydrogen (secondary N) is 2. The van der Waals surface area contributed by atoms with Crippen molar-refractivity contribution in [2.45, 2.75) is 52.0 Å². The molecule has 3 aliphatic carbocycles. The van der Waals surface area contributed by atoms with Crippen LogP contribution in [0.3, 0.4) is 0 Å². The molecule has 0 spiro atoms. The Balaban J connectivity index is 1.29. The van der Waals surface area contributed by atoms with Crippen LogP contribution in [0.15, 0.2) is 30.7 Å². The Morgan fingerprint density at radius 3 is 2.46 bits per heavy atom. The molecule has 2 N–H and O–H groups in total. The van der Waals surface area contributed by atoms with Crippen molar-refractivity contribution in [3.8, 4) is 0 Å². The van der Waals surface area contributed by atoms with Gasteiger partial charge in [-0.15, -0.1) is 0 Å². The Labute approximate surface area is 200 Å². The van der Waals surface area contributed by atoms with E-state index in [2.05, 4.69) is 30.7 Å². The fraction of sp³-hybridized carbons (Fsp3) is 0.458. The molecule has 182 valence electrons. The SMILES string of the molecule is CC(=O)C12CCC(CNC(=O)c3cc(C(=O)NCc4ccnc(F)c4)nc4ncnn34)(CC1)CC2. The molecule has 35 heavy (non-hydrogen) atoms. The number of carbonyl (C=O) groups is 3. The van der Waals surface area contributed by atoms with Crippen LogP contribution in [0.5, 0.6) is 0 Å². The number of pyridine rings is 1. The second-order valence-electron chi connectivity index (χ2n) is 9.69. The highest BCUT2D eigenvalue weighted by atomic mass is 19.1. The molecule has 6 rings (SSSR count). The summed E-state index contributed by atoms with van der Waals surface area (Å²) in [6, 6.07) is 4.19. The van der Waals surface area contributed by atoms with Crippen molar-refractivity contribution in [3.05, 3.63) is 53.6 Å². The lowest BCUT2D eigenvalue weighted by molar-refractivity contribution is -0.135. The third-order valence-electron chi connectivity index (χ3n) is 7.73. The molecule has 3 aliphatic rings. The van der Waals surface area contributed by atoms with Crippen LogP contribution >= 0.6 is 0 Å².